The van der Waals surface area contributed by atoms with Crippen molar-refractivity contribution in [1.82, 2.24) is 0 Å². The second-order valence-electron chi connectivity index (χ2n) is 5.04. The van der Waals surface area contributed by atoms with Crippen molar-refractivity contribution in [3.63, 3.8) is 0 Å². The molecule has 0 spiro atoms. The predicted molar refractivity (Wildman–Crippen MR) is 95.7 cm³/mol. The van der Waals surface area contributed by atoms with Crippen molar-refractivity contribution in [2.24, 2.45) is 0 Å². The van der Waals surface area contributed by atoms with Crippen LogP contribution in [-0.2, 0) is 9.53 Å². The predicted octanol–water partition coefficient (Wildman–Crippen LogP) is 4.86. The highest BCUT2D eigenvalue weighted by Crippen LogP contribution is 2.47. The van der Waals surface area contributed by atoms with Gasteiger partial charge in [0.25, 0.3) is 0 Å². The van der Waals surface area contributed by atoms with E-state index < -0.39 is 0 Å². The van der Waals surface area contributed by atoms with Gasteiger partial charge in [0.2, 0.25) is 0 Å². The standard InChI is InChI=1S/C18H15BrO3S/c1-21-14-6-3-11(4-7-14)17-15(18(20)22-2)10-12-9-13(19)5-8-16(12)23-17/h3-10,17H,1-2H3. The average Bonchev–Trinajstić information content (AvgIpc) is 2.60. The van der Waals surface area contributed by atoms with Gasteiger partial charge in [0.1, 0.15) is 5.75 Å². The third-order valence-electron chi connectivity index (χ3n) is 3.65. The molecule has 1 atom stereocenters. The lowest BCUT2D eigenvalue weighted by atomic mass is 10.0. The molecule has 0 saturated carbocycles. The zero-order chi connectivity index (χ0) is 16.4. The topological polar surface area (TPSA) is 35.5 Å². The summed E-state index contributed by atoms with van der Waals surface area (Å²) in [6, 6.07) is 13.9. The molecule has 5 heteroatoms. The fourth-order valence-corrected chi connectivity index (χ4v) is 4.10. The highest BCUT2D eigenvalue weighted by molar-refractivity contribution is 9.10. The lowest BCUT2D eigenvalue weighted by molar-refractivity contribution is -0.136. The smallest absolute Gasteiger partial charge is 0.335 e. The third-order valence-corrected chi connectivity index (χ3v) is 5.53. The highest BCUT2D eigenvalue weighted by atomic mass is 79.9. The average molecular weight is 391 g/mol. The molecule has 1 aliphatic rings. The minimum Gasteiger partial charge on any atom is -0.497 e. The van der Waals surface area contributed by atoms with Gasteiger partial charge in [0.05, 0.1) is 25.0 Å². The number of methoxy groups -OCH3 is 2. The van der Waals surface area contributed by atoms with E-state index in [1.54, 1.807) is 18.9 Å². The van der Waals surface area contributed by atoms with E-state index >= 15 is 0 Å². The van der Waals surface area contributed by atoms with E-state index in [2.05, 4.69) is 22.0 Å². The largest absolute Gasteiger partial charge is 0.497 e. The quantitative estimate of drug-likeness (QED) is 0.700. The van der Waals surface area contributed by atoms with Crippen LogP contribution in [-0.4, -0.2) is 20.2 Å². The molecule has 3 rings (SSSR count). The molecule has 0 amide bonds. The number of carbonyl (C=O) groups is 1. The Kier molecular flexibility index (Phi) is 4.78. The molecule has 1 unspecified atom stereocenters. The van der Waals surface area contributed by atoms with Crippen LogP contribution >= 0.6 is 27.7 Å². The number of rotatable bonds is 3. The van der Waals surface area contributed by atoms with E-state index in [1.807, 2.05) is 42.5 Å². The van der Waals surface area contributed by atoms with Gasteiger partial charge in [-0.3, -0.25) is 0 Å². The summed E-state index contributed by atoms with van der Waals surface area (Å²) in [5.41, 5.74) is 2.71. The van der Waals surface area contributed by atoms with Crippen LogP contribution in [0.4, 0.5) is 0 Å². The van der Waals surface area contributed by atoms with Gasteiger partial charge >= 0.3 is 5.97 Å². The summed E-state index contributed by atoms with van der Waals surface area (Å²) in [5, 5.41) is -0.0953. The third kappa shape index (κ3) is 3.31. The van der Waals surface area contributed by atoms with Gasteiger partial charge in [0, 0.05) is 9.37 Å². The summed E-state index contributed by atoms with van der Waals surface area (Å²) >= 11 is 5.13. The molecule has 0 radical (unpaired) electrons. The number of halogens is 1. The van der Waals surface area contributed by atoms with Crippen molar-refractivity contribution < 1.29 is 14.3 Å². The van der Waals surface area contributed by atoms with Crippen LogP contribution in [0.1, 0.15) is 16.4 Å². The van der Waals surface area contributed by atoms with E-state index in [0.29, 0.717) is 5.57 Å². The van der Waals surface area contributed by atoms with E-state index in [0.717, 1.165) is 26.2 Å². The Bertz CT molecular complexity index is 768. The van der Waals surface area contributed by atoms with E-state index in [4.69, 9.17) is 9.47 Å². The molecule has 0 aliphatic carbocycles. The van der Waals surface area contributed by atoms with Crippen molar-refractivity contribution in [3.8, 4) is 5.75 Å². The molecule has 0 bridgehead atoms. The first-order valence-electron chi connectivity index (χ1n) is 7.02. The number of hydrogen-bond acceptors (Lipinski definition) is 4. The Hall–Kier alpha value is -1.72. The fraction of sp³-hybridized carbons (Fsp3) is 0.167. The maximum Gasteiger partial charge on any atom is 0.335 e. The van der Waals surface area contributed by atoms with E-state index in [-0.39, 0.29) is 11.2 Å². The molecule has 0 fully saturated rings. The second kappa shape index (κ2) is 6.81. The van der Waals surface area contributed by atoms with Crippen molar-refractivity contribution in [1.29, 1.82) is 0 Å². The SMILES string of the molecule is COC(=O)C1=Cc2cc(Br)ccc2SC1c1ccc(OC)cc1. The Balaban J connectivity index is 2.05. The Morgan fingerprint density at radius 2 is 1.87 bits per heavy atom. The van der Waals surface area contributed by atoms with Gasteiger partial charge in [-0.15, -0.1) is 11.8 Å². The molecule has 23 heavy (non-hydrogen) atoms. The molecule has 0 saturated heterocycles. The normalized spacial score (nSPS) is 16.3. The van der Waals surface area contributed by atoms with Crippen LogP contribution in [0.5, 0.6) is 5.75 Å². The van der Waals surface area contributed by atoms with Crippen LogP contribution < -0.4 is 4.74 Å². The van der Waals surface area contributed by atoms with Gasteiger partial charge in [0.15, 0.2) is 0 Å². The number of ether oxygens (including phenoxy) is 2. The summed E-state index contributed by atoms with van der Waals surface area (Å²) in [7, 11) is 3.05. The first kappa shape index (κ1) is 16.1. The summed E-state index contributed by atoms with van der Waals surface area (Å²) in [6.45, 7) is 0. The van der Waals surface area contributed by atoms with E-state index in [9.17, 15) is 4.79 Å². The van der Waals surface area contributed by atoms with Crippen molar-refractivity contribution >= 4 is 39.7 Å². The Morgan fingerprint density at radius 1 is 1.13 bits per heavy atom. The minimum atomic E-state index is -0.302. The maximum atomic E-state index is 12.2. The van der Waals surface area contributed by atoms with Crippen molar-refractivity contribution in [2.75, 3.05) is 14.2 Å². The first-order valence-corrected chi connectivity index (χ1v) is 8.69. The van der Waals surface area contributed by atoms with Gasteiger partial charge in [-0.2, -0.15) is 0 Å². The van der Waals surface area contributed by atoms with E-state index in [1.165, 1.54) is 7.11 Å². The maximum absolute atomic E-state index is 12.2. The van der Waals surface area contributed by atoms with Crippen LogP contribution in [0.3, 0.4) is 0 Å². The molecule has 1 heterocycles. The van der Waals surface area contributed by atoms with Gasteiger partial charge in [-0.05, 0) is 47.5 Å². The molecule has 3 nitrogen and oxygen atoms in total. The first-order chi connectivity index (χ1) is 11.1. The lowest BCUT2D eigenvalue weighted by Crippen LogP contribution is -2.14. The second-order valence-corrected chi connectivity index (χ2v) is 7.11. The monoisotopic (exact) mass is 390 g/mol. The number of carbonyl (C=O) groups excluding carboxylic acids is 1. The molecule has 118 valence electrons. The molecular weight excluding hydrogens is 376 g/mol. The minimum absolute atomic E-state index is 0.0953. The van der Waals surface area contributed by atoms with Crippen LogP contribution in [0.25, 0.3) is 6.08 Å². The van der Waals surface area contributed by atoms with Crippen molar-refractivity contribution in [3.05, 3.63) is 63.6 Å². The molecule has 0 N–H and O–H groups in total. The summed E-state index contributed by atoms with van der Waals surface area (Å²) in [4.78, 5) is 13.4. The van der Waals surface area contributed by atoms with Gasteiger partial charge in [-0.1, -0.05) is 28.1 Å². The number of thioether (sulfide) groups is 1. The van der Waals surface area contributed by atoms with Crippen molar-refractivity contribution in [2.45, 2.75) is 10.1 Å². The number of hydrogen-bond donors (Lipinski definition) is 0. The van der Waals surface area contributed by atoms with Gasteiger partial charge in [-0.25, -0.2) is 4.79 Å². The highest BCUT2D eigenvalue weighted by Gasteiger charge is 2.29. The zero-order valence-electron chi connectivity index (χ0n) is 12.7. The van der Waals surface area contributed by atoms with Crippen LogP contribution in [0.15, 0.2) is 57.4 Å². The summed E-state index contributed by atoms with van der Waals surface area (Å²) < 4.78 is 11.2. The fourth-order valence-electron chi connectivity index (χ4n) is 2.48. The Morgan fingerprint density at radius 3 is 2.52 bits per heavy atom. The molecule has 1 aliphatic heterocycles. The summed E-state index contributed by atoms with van der Waals surface area (Å²) in [5.74, 6) is 0.492. The molecule has 2 aromatic rings. The number of benzene rings is 2. The molecular formula is C18H15BrO3S. The van der Waals surface area contributed by atoms with Crippen LogP contribution in [0.2, 0.25) is 0 Å². The Labute approximate surface area is 147 Å². The lowest BCUT2D eigenvalue weighted by Gasteiger charge is -2.25. The van der Waals surface area contributed by atoms with Gasteiger partial charge < -0.3 is 9.47 Å². The molecule has 0 aromatic heterocycles. The molecule has 2 aromatic carbocycles. The van der Waals surface area contributed by atoms with Crippen LogP contribution in [0, 0.1) is 0 Å². The number of fused-ring (bicyclic) bond motifs is 1. The summed E-state index contributed by atoms with van der Waals surface area (Å²) in [6.07, 6.45) is 1.91. The number of esters is 1. The zero-order valence-corrected chi connectivity index (χ0v) is 15.1.